The molecule has 98 valence electrons. The first kappa shape index (κ1) is 13.1. The first-order chi connectivity index (χ1) is 9.10. The summed E-state index contributed by atoms with van der Waals surface area (Å²) in [6.07, 6.45) is 0.975. The van der Waals surface area contributed by atoms with Crippen molar-refractivity contribution in [1.29, 1.82) is 5.26 Å². The summed E-state index contributed by atoms with van der Waals surface area (Å²) in [6.45, 7) is 1.85. The van der Waals surface area contributed by atoms with Gasteiger partial charge in [0.05, 0.1) is 6.07 Å². The molecule has 19 heavy (non-hydrogen) atoms. The Labute approximate surface area is 108 Å². The van der Waals surface area contributed by atoms with E-state index in [1.165, 1.54) is 0 Å². The number of rotatable bonds is 4. The van der Waals surface area contributed by atoms with Crippen LogP contribution in [0.3, 0.4) is 0 Å². The molecule has 0 spiro atoms. The van der Waals surface area contributed by atoms with Gasteiger partial charge in [0.15, 0.2) is 0 Å². The van der Waals surface area contributed by atoms with Crippen molar-refractivity contribution in [2.75, 3.05) is 0 Å². The van der Waals surface area contributed by atoms with Crippen molar-refractivity contribution in [1.82, 2.24) is 10.1 Å². The molecular formula is C13H11F2N3O. The van der Waals surface area contributed by atoms with Crippen LogP contribution in [-0.4, -0.2) is 10.1 Å². The van der Waals surface area contributed by atoms with Crippen molar-refractivity contribution in [3.05, 3.63) is 35.7 Å². The molecular weight excluding hydrogens is 252 g/mol. The van der Waals surface area contributed by atoms with Crippen LogP contribution < -0.4 is 0 Å². The van der Waals surface area contributed by atoms with Crippen molar-refractivity contribution in [3.8, 4) is 17.5 Å². The summed E-state index contributed by atoms with van der Waals surface area (Å²) >= 11 is 0. The van der Waals surface area contributed by atoms with Crippen LogP contribution in [0.1, 0.15) is 31.6 Å². The molecule has 4 nitrogen and oxygen atoms in total. The van der Waals surface area contributed by atoms with Gasteiger partial charge in [-0.15, -0.1) is 0 Å². The fourth-order valence-corrected chi connectivity index (χ4v) is 1.64. The average Bonchev–Trinajstić information content (AvgIpc) is 2.84. The molecule has 0 saturated heterocycles. The highest BCUT2D eigenvalue weighted by molar-refractivity contribution is 5.54. The van der Waals surface area contributed by atoms with Crippen molar-refractivity contribution in [2.24, 2.45) is 0 Å². The van der Waals surface area contributed by atoms with E-state index in [1.54, 1.807) is 0 Å². The number of nitrogens with zero attached hydrogens (tertiary/aromatic N) is 3. The third kappa shape index (κ3) is 3.13. The quantitative estimate of drug-likeness (QED) is 0.847. The second-order valence-corrected chi connectivity index (χ2v) is 4.21. The van der Waals surface area contributed by atoms with E-state index in [-0.39, 0.29) is 17.3 Å². The molecule has 1 aromatic carbocycles. The third-order valence-electron chi connectivity index (χ3n) is 2.67. The Morgan fingerprint density at radius 3 is 2.63 bits per heavy atom. The standard InChI is InChI=1S/C13H11F2N3O/c1-8(3-2-4-16)13-17-12(18-19-13)9-5-10(14)7-11(15)6-9/h5-8H,2-3H2,1H3. The normalized spacial score (nSPS) is 12.1. The van der Waals surface area contributed by atoms with Crippen molar-refractivity contribution >= 4 is 0 Å². The molecule has 0 aliphatic heterocycles. The summed E-state index contributed by atoms with van der Waals surface area (Å²) in [5, 5.41) is 12.2. The summed E-state index contributed by atoms with van der Waals surface area (Å²) in [7, 11) is 0. The smallest absolute Gasteiger partial charge is 0.229 e. The maximum absolute atomic E-state index is 13.1. The van der Waals surface area contributed by atoms with Crippen LogP contribution in [0.5, 0.6) is 0 Å². The Kier molecular flexibility index (Phi) is 3.85. The Bertz CT molecular complexity index is 598. The zero-order valence-corrected chi connectivity index (χ0v) is 10.2. The third-order valence-corrected chi connectivity index (χ3v) is 2.67. The van der Waals surface area contributed by atoms with E-state index in [0.717, 1.165) is 18.2 Å². The molecule has 0 fully saturated rings. The Balaban J connectivity index is 2.23. The van der Waals surface area contributed by atoms with E-state index in [1.807, 2.05) is 13.0 Å². The molecule has 0 bridgehead atoms. The minimum atomic E-state index is -0.695. The summed E-state index contributed by atoms with van der Waals surface area (Å²) in [4.78, 5) is 4.10. The van der Waals surface area contributed by atoms with Crippen LogP contribution >= 0.6 is 0 Å². The Morgan fingerprint density at radius 2 is 2.00 bits per heavy atom. The van der Waals surface area contributed by atoms with E-state index in [9.17, 15) is 8.78 Å². The fraction of sp³-hybridized carbons (Fsp3) is 0.308. The Hall–Kier alpha value is -2.29. The highest BCUT2D eigenvalue weighted by atomic mass is 19.1. The molecule has 0 aliphatic rings. The van der Waals surface area contributed by atoms with Crippen LogP contribution in [0, 0.1) is 23.0 Å². The number of aromatic nitrogens is 2. The van der Waals surface area contributed by atoms with Gasteiger partial charge < -0.3 is 4.52 Å². The number of halogens is 2. The van der Waals surface area contributed by atoms with Gasteiger partial charge in [0.1, 0.15) is 11.6 Å². The van der Waals surface area contributed by atoms with Gasteiger partial charge in [-0.2, -0.15) is 10.2 Å². The molecule has 1 unspecified atom stereocenters. The van der Waals surface area contributed by atoms with E-state index >= 15 is 0 Å². The van der Waals surface area contributed by atoms with Gasteiger partial charge in [-0.05, 0) is 18.6 Å². The molecule has 2 aromatic rings. The summed E-state index contributed by atoms with van der Waals surface area (Å²) < 4.78 is 31.2. The molecule has 0 amide bonds. The highest BCUT2D eigenvalue weighted by Crippen LogP contribution is 2.23. The van der Waals surface area contributed by atoms with Crippen molar-refractivity contribution in [3.63, 3.8) is 0 Å². The molecule has 2 rings (SSSR count). The number of hydrogen-bond acceptors (Lipinski definition) is 4. The van der Waals surface area contributed by atoms with Crippen LogP contribution in [0.2, 0.25) is 0 Å². The van der Waals surface area contributed by atoms with E-state index in [2.05, 4.69) is 10.1 Å². The second-order valence-electron chi connectivity index (χ2n) is 4.21. The number of nitriles is 1. The summed E-state index contributed by atoms with van der Waals surface area (Å²) in [5.74, 6) is -0.968. The topological polar surface area (TPSA) is 62.7 Å². The van der Waals surface area contributed by atoms with Crippen LogP contribution in [-0.2, 0) is 0 Å². The summed E-state index contributed by atoms with van der Waals surface area (Å²) in [6, 6.07) is 5.08. The van der Waals surface area contributed by atoms with Crippen LogP contribution in [0.15, 0.2) is 22.7 Å². The van der Waals surface area contributed by atoms with Crippen LogP contribution in [0.25, 0.3) is 11.4 Å². The fourth-order valence-electron chi connectivity index (χ4n) is 1.64. The van der Waals surface area contributed by atoms with Crippen LogP contribution in [0.4, 0.5) is 8.78 Å². The first-order valence-corrected chi connectivity index (χ1v) is 5.77. The van der Waals surface area contributed by atoms with Gasteiger partial charge in [0, 0.05) is 24.0 Å². The van der Waals surface area contributed by atoms with Crippen molar-refractivity contribution in [2.45, 2.75) is 25.7 Å². The van der Waals surface area contributed by atoms with Gasteiger partial charge >= 0.3 is 0 Å². The molecule has 0 aliphatic carbocycles. The summed E-state index contributed by atoms with van der Waals surface area (Å²) in [5.41, 5.74) is 0.222. The first-order valence-electron chi connectivity index (χ1n) is 5.77. The van der Waals surface area contributed by atoms with Crippen molar-refractivity contribution < 1.29 is 13.3 Å². The molecule has 1 atom stereocenters. The molecule has 0 saturated carbocycles. The molecule has 0 radical (unpaired) electrons. The SMILES string of the molecule is CC(CCC#N)c1nc(-c2cc(F)cc(F)c2)no1. The predicted octanol–water partition coefficient (Wildman–Crippen LogP) is 3.42. The Morgan fingerprint density at radius 1 is 1.32 bits per heavy atom. The monoisotopic (exact) mass is 263 g/mol. The minimum Gasteiger partial charge on any atom is -0.339 e. The molecule has 6 heteroatoms. The lowest BCUT2D eigenvalue weighted by molar-refractivity contribution is 0.355. The largest absolute Gasteiger partial charge is 0.339 e. The average molecular weight is 263 g/mol. The highest BCUT2D eigenvalue weighted by Gasteiger charge is 2.16. The number of benzene rings is 1. The van der Waals surface area contributed by atoms with E-state index in [0.29, 0.717) is 18.7 Å². The van der Waals surface area contributed by atoms with Gasteiger partial charge in [-0.1, -0.05) is 12.1 Å². The minimum absolute atomic E-state index is 0.0701. The van der Waals surface area contributed by atoms with E-state index in [4.69, 9.17) is 9.78 Å². The second kappa shape index (κ2) is 5.57. The maximum atomic E-state index is 13.1. The molecule has 1 heterocycles. The predicted molar refractivity (Wildman–Crippen MR) is 62.9 cm³/mol. The number of hydrogen-bond donors (Lipinski definition) is 0. The lowest BCUT2D eigenvalue weighted by Gasteiger charge is -2.00. The lowest BCUT2D eigenvalue weighted by atomic mass is 10.1. The zero-order chi connectivity index (χ0) is 13.8. The van der Waals surface area contributed by atoms with Gasteiger partial charge in [-0.25, -0.2) is 8.78 Å². The van der Waals surface area contributed by atoms with E-state index < -0.39 is 11.6 Å². The van der Waals surface area contributed by atoms with Gasteiger partial charge in [0.25, 0.3) is 0 Å². The van der Waals surface area contributed by atoms with Gasteiger partial charge in [-0.3, -0.25) is 0 Å². The van der Waals surface area contributed by atoms with Gasteiger partial charge in [0.2, 0.25) is 11.7 Å². The maximum Gasteiger partial charge on any atom is 0.229 e. The molecule has 1 aromatic heterocycles. The zero-order valence-electron chi connectivity index (χ0n) is 10.2. The lowest BCUT2D eigenvalue weighted by Crippen LogP contribution is -1.93. The molecule has 0 N–H and O–H groups in total.